The highest BCUT2D eigenvalue weighted by Crippen LogP contribution is 2.28. The maximum absolute atomic E-state index is 9.25. The van der Waals surface area contributed by atoms with Gasteiger partial charge in [0.15, 0.2) is 0 Å². The molecule has 3 nitrogen and oxygen atoms in total. The van der Waals surface area contributed by atoms with E-state index in [1.165, 1.54) is 28.2 Å². The van der Waals surface area contributed by atoms with Gasteiger partial charge in [0.2, 0.25) is 0 Å². The van der Waals surface area contributed by atoms with E-state index in [1.54, 1.807) is 11.8 Å². The molecule has 4 N–H and O–H groups in total. The summed E-state index contributed by atoms with van der Waals surface area (Å²) in [5.41, 5.74) is 7.58. The van der Waals surface area contributed by atoms with Gasteiger partial charge in [-0.15, -0.1) is 12.4 Å². The van der Waals surface area contributed by atoms with E-state index in [-0.39, 0.29) is 25.6 Å². The Morgan fingerprint density at radius 2 is 1.31 bits per heavy atom. The van der Waals surface area contributed by atoms with Gasteiger partial charge in [-0.25, -0.2) is 0 Å². The fraction of sp³-hybridized carbons (Fsp3) is 0.429. The molecule has 2 aromatic rings. The Kier molecular flexibility index (Phi) is 10.3. The molecule has 2 rings (SSSR count). The SMILES string of the molecule is CCCCc1ccc(Sc2ccc(CCC(N)(CO)CO)cc2)cc1.Cl. The van der Waals surface area contributed by atoms with E-state index < -0.39 is 5.54 Å². The molecule has 0 spiro atoms. The molecule has 0 aliphatic rings. The standard InChI is InChI=1S/C21H29NO2S.ClH/c1-2-3-4-17-5-9-19(10-6-17)25-20-11-7-18(8-12-20)13-14-21(22,15-23)16-24;/h5-12,23-24H,2-4,13-16,22H2,1H3;1H. The first kappa shape index (κ1) is 23.0. The lowest BCUT2D eigenvalue weighted by molar-refractivity contribution is 0.115. The van der Waals surface area contributed by atoms with Crippen LogP contribution >= 0.6 is 24.2 Å². The van der Waals surface area contributed by atoms with E-state index in [0.717, 1.165) is 18.4 Å². The lowest BCUT2D eigenvalue weighted by Gasteiger charge is -2.24. The Balaban J connectivity index is 0.00000338. The van der Waals surface area contributed by atoms with Gasteiger partial charge < -0.3 is 15.9 Å². The predicted molar refractivity (Wildman–Crippen MR) is 112 cm³/mol. The molecule has 0 atom stereocenters. The zero-order valence-corrected chi connectivity index (χ0v) is 17.0. The molecule has 0 heterocycles. The van der Waals surface area contributed by atoms with E-state index in [1.807, 2.05) is 0 Å². The second kappa shape index (κ2) is 11.6. The van der Waals surface area contributed by atoms with Crippen LogP contribution in [0.3, 0.4) is 0 Å². The first-order valence-corrected chi connectivity index (χ1v) is 9.76. The maximum atomic E-state index is 9.25. The van der Waals surface area contributed by atoms with E-state index in [9.17, 15) is 10.2 Å². The summed E-state index contributed by atoms with van der Waals surface area (Å²) < 4.78 is 0. The summed E-state index contributed by atoms with van der Waals surface area (Å²) >= 11 is 1.76. The van der Waals surface area contributed by atoms with Gasteiger partial charge in [0.25, 0.3) is 0 Å². The first-order valence-electron chi connectivity index (χ1n) is 8.95. The molecule has 0 unspecified atom stereocenters. The minimum absolute atomic E-state index is 0. The van der Waals surface area contributed by atoms with Gasteiger partial charge in [0, 0.05) is 9.79 Å². The first-order chi connectivity index (χ1) is 12.1. The van der Waals surface area contributed by atoms with Gasteiger partial charge in [-0.3, -0.25) is 0 Å². The summed E-state index contributed by atoms with van der Waals surface area (Å²) in [5.74, 6) is 0. The van der Waals surface area contributed by atoms with Crippen molar-refractivity contribution < 1.29 is 10.2 Å². The number of halogens is 1. The molecule has 0 fully saturated rings. The Morgan fingerprint density at radius 1 is 0.846 bits per heavy atom. The normalized spacial score (nSPS) is 11.2. The van der Waals surface area contributed by atoms with Gasteiger partial charge in [-0.05, 0) is 61.1 Å². The Labute approximate surface area is 167 Å². The molecule has 2 aromatic carbocycles. The van der Waals surface area contributed by atoms with Crippen LogP contribution < -0.4 is 5.73 Å². The zero-order chi connectivity index (χ0) is 18.1. The van der Waals surface area contributed by atoms with Crippen LogP contribution in [0.5, 0.6) is 0 Å². The largest absolute Gasteiger partial charge is 0.394 e. The van der Waals surface area contributed by atoms with Gasteiger partial charge in [0.05, 0.1) is 18.8 Å². The van der Waals surface area contributed by atoms with Crippen molar-refractivity contribution in [2.24, 2.45) is 5.73 Å². The van der Waals surface area contributed by atoms with Crippen molar-refractivity contribution in [3.63, 3.8) is 0 Å². The molecule has 0 aromatic heterocycles. The van der Waals surface area contributed by atoms with E-state index >= 15 is 0 Å². The summed E-state index contributed by atoms with van der Waals surface area (Å²) in [6.07, 6.45) is 4.93. The lowest BCUT2D eigenvalue weighted by Crippen LogP contribution is -2.47. The smallest absolute Gasteiger partial charge is 0.0633 e. The van der Waals surface area contributed by atoms with Crippen molar-refractivity contribution in [1.29, 1.82) is 0 Å². The summed E-state index contributed by atoms with van der Waals surface area (Å²) in [5, 5.41) is 18.5. The predicted octanol–water partition coefficient (Wildman–Crippen LogP) is 4.22. The quantitative estimate of drug-likeness (QED) is 0.563. The number of aliphatic hydroxyl groups is 2. The number of unbranched alkanes of at least 4 members (excludes halogenated alkanes) is 1. The Hall–Kier alpha value is -1.04. The van der Waals surface area contributed by atoms with E-state index in [0.29, 0.717) is 6.42 Å². The van der Waals surface area contributed by atoms with E-state index in [4.69, 9.17) is 5.73 Å². The van der Waals surface area contributed by atoms with Crippen molar-refractivity contribution in [3.8, 4) is 0 Å². The highest BCUT2D eigenvalue weighted by atomic mass is 35.5. The topological polar surface area (TPSA) is 66.5 Å². The van der Waals surface area contributed by atoms with Crippen molar-refractivity contribution in [2.75, 3.05) is 13.2 Å². The number of aryl methyl sites for hydroxylation is 2. The van der Waals surface area contributed by atoms with Crippen molar-refractivity contribution in [2.45, 2.75) is 54.4 Å². The van der Waals surface area contributed by atoms with Gasteiger partial charge in [0.1, 0.15) is 0 Å². The van der Waals surface area contributed by atoms with Crippen molar-refractivity contribution in [1.82, 2.24) is 0 Å². The molecular weight excluding hydrogens is 366 g/mol. The summed E-state index contributed by atoms with van der Waals surface area (Å²) in [7, 11) is 0. The molecule has 0 aliphatic carbocycles. The fourth-order valence-corrected chi connectivity index (χ4v) is 3.38. The van der Waals surface area contributed by atoms with Crippen LogP contribution in [0.15, 0.2) is 58.3 Å². The number of hydrogen-bond acceptors (Lipinski definition) is 4. The zero-order valence-electron chi connectivity index (χ0n) is 15.4. The van der Waals surface area contributed by atoms with Crippen molar-refractivity contribution >= 4 is 24.2 Å². The molecule has 26 heavy (non-hydrogen) atoms. The van der Waals surface area contributed by atoms with Gasteiger partial charge >= 0.3 is 0 Å². The molecule has 0 saturated carbocycles. The number of aliphatic hydroxyl groups excluding tert-OH is 2. The lowest BCUT2D eigenvalue weighted by atomic mass is 9.94. The number of benzene rings is 2. The number of hydrogen-bond donors (Lipinski definition) is 3. The minimum atomic E-state index is -0.896. The fourth-order valence-electron chi connectivity index (χ4n) is 2.57. The molecule has 0 amide bonds. The average molecular weight is 396 g/mol. The third kappa shape index (κ3) is 7.29. The van der Waals surface area contributed by atoms with Crippen LogP contribution in [0.1, 0.15) is 37.3 Å². The van der Waals surface area contributed by atoms with Crippen LogP contribution in [0.25, 0.3) is 0 Å². The average Bonchev–Trinajstić information content (AvgIpc) is 2.66. The van der Waals surface area contributed by atoms with Crippen molar-refractivity contribution in [3.05, 3.63) is 59.7 Å². The second-order valence-corrected chi connectivity index (χ2v) is 7.82. The van der Waals surface area contributed by atoms with Crippen LogP contribution in [0.4, 0.5) is 0 Å². The third-order valence-electron chi connectivity index (χ3n) is 4.44. The van der Waals surface area contributed by atoms with Gasteiger partial charge in [-0.2, -0.15) is 0 Å². The van der Waals surface area contributed by atoms with Gasteiger partial charge in [-0.1, -0.05) is 49.4 Å². The monoisotopic (exact) mass is 395 g/mol. The molecule has 0 aliphatic heterocycles. The number of nitrogens with two attached hydrogens (primary N) is 1. The molecule has 144 valence electrons. The van der Waals surface area contributed by atoms with Crippen LogP contribution in [-0.4, -0.2) is 29.0 Å². The third-order valence-corrected chi connectivity index (χ3v) is 5.46. The highest BCUT2D eigenvalue weighted by molar-refractivity contribution is 7.99. The maximum Gasteiger partial charge on any atom is 0.0633 e. The van der Waals surface area contributed by atoms with Crippen LogP contribution in [0, 0.1) is 0 Å². The Bertz CT molecular complexity index is 627. The molecule has 0 radical (unpaired) electrons. The Morgan fingerprint density at radius 3 is 1.73 bits per heavy atom. The number of rotatable bonds is 10. The second-order valence-electron chi connectivity index (χ2n) is 6.67. The molecular formula is C21H30ClNO2S. The summed E-state index contributed by atoms with van der Waals surface area (Å²) in [6.45, 7) is 1.81. The molecule has 5 heteroatoms. The molecule has 0 bridgehead atoms. The molecule has 0 saturated heterocycles. The summed E-state index contributed by atoms with van der Waals surface area (Å²) in [4.78, 5) is 2.45. The highest BCUT2D eigenvalue weighted by Gasteiger charge is 2.22. The van der Waals surface area contributed by atoms with Crippen LogP contribution in [-0.2, 0) is 12.8 Å². The van der Waals surface area contributed by atoms with E-state index in [2.05, 4.69) is 55.5 Å². The summed E-state index contributed by atoms with van der Waals surface area (Å²) in [6, 6.07) is 17.2. The minimum Gasteiger partial charge on any atom is -0.394 e. The van der Waals surface area contributed by atoms with Crippen LogP contribution in [0.2, 0.25) is 0 Å².